The maximum atomic E-state index is 13.5. The monoisotopic (exact) mass is 498 g/mol. The van der Waals surface area contributed by atoms with E-state index in [-0.39, 0.29) is 17.9 Å². The quantitative estimate of drug-likeness (QED) is 0.378. The SMILES string of the molecule is C=CCN(C1CC(=O)N(c2ccc(Br)cc2)C1=O)S(=O)(=O)c1ccc2ccccc2c1. The van der Waals surface area contributed by atoms with Crippen molar-refractivity contribution in [2.75, 3.05) is 11.4 Å². The number of benzene rings is 3. The van der Waals surface area contributed by atoms with Gasteiger partial charge >= 0.3 is 0 Å². The first-order valence-corrected chi connectivity index (χ1v) is 11.8. The molecule has 0 aliphatic carbocycles. The van der Waals surface area contributed by atoms with Crippen LogP contribution in [-0.4, -0.2) is 37.1 Å². The summed E-state index contributed by atoms with van der Waals surface area (Å²) in [5, 5.41) is 1.68. The lowest BCUT2D eigenvalue weighted by Crippen LogP contribution is -2.45. The summed E-state index contributed by atoms with van der Waals surface area (Å²) in [5.41, 5.74) is 0.405. The van der Waals surface area contributed by atoms with Gasteiger partial charge in [0.05, 0.1) is 17.0 Å². The van der Waals surface area contributed by atoms with Crippen LogP contribution in [0.5, 0.6) is 0 Å². The van der Waals surface area contributed by atoms with Gasteiger partial charge in [0.1, 0.15) is 6.04 Å². The Labute approximate surface area is 189 Å². The number of carbonyl (C=O) groups is 2. The van der Waals surface area contributed by atoms with Crippen molar-refractivity contribution >= 4 is 54.2 Å². The predicted molar refractivity (Wildman–Crippen MR) is 123 cm³/mol. The Balaban J connectivity index is 1.72. The van der Waals surface area contributed by atoms with Gasteiger partial charge in [-0.2, -0.15) is 4.31 Å². The molecule has 2 amide bonds. The first-order chi connectivity index (χ1) is 14.8. The standard InChI is InChI=1S/C23H19BrN2O4S/c1-2-13-25(31(29,30)20-12-7-16-5-3-4-6-17(16)14-20)21-15-22(27)26(23(21)28)19-10-8-18(24)9-11-19/h2-12,14,21H,1,13,15H2. The second-order valence-electron chi connectivity index (χ2n) is 7.14. The summed E-state index contributed by atoms with van der Waals surface area (Å²) < 4.78 is 28.8. The van der Waals surface area contributed by atoms with Gasteiger partial charge in [-0.3, -0.25) is 9.59 Å². The van der Waals surface area contributed by atoms with Gasteiger partial charge in [0, 0.05) is 11.0 Å². The van der Waals surface area contributed by atoms with Gasteiger partial charge in [0.15, 0.2) is 0 Å². The van der Waals surface area contributed by atoms with Crippen molar-refractivity contribution < 1.29 is 18.0 Å². The van der Waals surface area contributed by atoms with E-state index in [2.05, 4.69) is 22.5 Å². The third-order valence-electron chi connectivity index (χ3n) is 5.19. The molecule has 1 unspecified atom stereocenters. The van der Waals surface area contributed by atoms with Crippen LogP contribution in [0.3, 0.4) is 0 Å². The maximum Gasteiger partial charge on any atom is 0.252 e. The average molecular weight is 499 g/mol. The van der Waals surface area contributed by atoms with Crippen LogP contribution in [0.2, 0.25) is 0 Å². The minimum absolute atomic E-state index is 0.0652. The number of anilines is 1. The zero-order chi connectivity index (χ0) is 22.2. The van der Waals surface area contributed by atoms with E-state index in [1.54, 1.807) is 36.4 Å². The lowest BCUT2D eigenvalue weighted by atomic mass is 10.1. The number of hydrogen-bond acceptors (Lipinski definition) is 4. The topological polar surface area (TPSA) is 74.8 Å². The molecule has 1 fully saturated rings. The van der Waals surface area contributed by atoms with Gasteiger partial charge in [0.25, 0.3) is 5.91 Å². The van der Waals surface area contributed by atoms with Crippen molar-refractivity contribution in [2.45, 2.75) is 17.4 Å². The lowest BCUT2D eigenvalue weighted by molar-refractivity contribution is -0.122. The van der Waals surface area contributed by atoms with E-state index >= 15 is 0 Å². The Hall–Kier alpha value is -2.81. The normalized spacial score (nSPS) is 17.0. The van der Waals surface area contributed by atoms with Crippen molar-refractivity contribution in [1.82, 2.24) is 4.31 Å². The lowest BCUT2D eigenvalue weighted by Gasteiger charge is -2.26. The van der Waals surface area contributed by atoms with Crippen LogP contribution in [0.4, 0.5) is 5.69 Å². The zero-order valence-electron chi connectivity index (χ0n) is 16.4. The molecule has 0 spiro atoms. The van der Waals surface area contributed by atoms with Gasteiger partial charge in [0.2, 0.25) is 15.9 Å². The van der Waals surface area contributed by atoms with Gasteiger partial charge in [-0.1, -0.05) is 52.3 Å². The Morgan fingerprint density at radius 3 is 2.39 bits per heavy atom. The van der Waals surface area contributed by atoms with E-state index in [1.807, 2.05) is 24.3 Å². The molecule has 1 atom stereocenters. The highest BCUT2D eigenvalue weighted by Crippen LogP contribution is 2.30. The summed E-state index contributed by atoms with van der Waals surface area (Å²) in [7, 11) is -4.05. The van der Waals surface area contributed by atoms with E-state index in [0.717, 1.165) is 24.5 Å². The van der Waals surface area contributed by atoms with E-state index < -0.39 is 27.9 Å². The van der Waals surface area contributed by atoms with E-state index in [4.69, 9.17) is 0 Å². The maximum absolute atomic E-state index is 13.5. The number of carbonyl (C=O) groups excluding carboxylic acids is 2. The highest BCUT2D eigenvalue weighted by Gasteiger charge is 2.46. The second kappa shape index (κ2) is 8.37. The Morgan fingerprint density at radius 2 is 1.71 bits per heavy atom. The molecule has 8 heteroatoms. The molecule has 3 aromatic carbocycles. The fourth-order valence-electron chi connectivity index (χ4n) is 3.69. The third-order valence-corrected chi connectivity index (χ3v) is 7.59. The Bertz CT molecular complexity index is 1290. The summed E-state index contributed by atoms with van der Waals surface area (Å²) in [6.07, 6.45) is 1.19. The van der Waals surface area contributed by atoms with E-state index in [9.17, 15) is 18.0 Å². The minimum atomic E-state index is -4.05. The Morgan fingerprint density at radius 1 is 1.03 bits per heavy atom. The van der Waals surface area contributed by atoms with Gasteiger partial charge in [-0.15, -0.1) is 6.58 Å². The molecule has 1 aliphatic rings. The van der Waals surface area contributed by atoms with Crippen LogP contribution in [0.25, 0.3) is 10.8 Å². The number of amides is 2. The molecule has 0 aromatic heterocycles. The first-order valence-electron chi connectivity index (χ1n) is 9.57. The fraction of sp³-hybridized carbons (Fsp3) is 0.130. The van der Waals surface area contributed by atoms with Crippen molar-refractivity contribution in [3.05, 3.63) is 83.9 Å². The average Bonchev–Trinajstić information content (AvgIpc) is 3.05. The second-order valence-corrected chi connectivity index (χ2v) is 9.94. The molecule has 0 radical (unpaired) electrons. The molecular formula is C23H19BrN2O4S. The van der Waals surface area contributed by atoms with Gasteiger partial charge in [-0.05, 0) is 47.2 Å². The van der Waals surface area contributed by atoms with E-state index in [0.29, 0.717) is 5.69 Å². The molecule has 1 heterocycles. The van der Waals surface area contributed by atoms with Gasteiger partial charge < -0.3 is 0 Å². The molecule has 1 aliphatic heterocycles. The number of hydrogen-bond donors (Lipinski definition) is 0. The van der Waals surface area contributed by atoms with Crippen LogP contribution >= 0.6 is 15.9 Å². The minimum Gasteiger partial charge on any atom is -0.274 e. The molecule has 31 heavy (non-hydrogen) atoms. The largest absolute Gasteiger partial charge is 0.274 e. The Kier molecular flexibility index (Phi) is 5.79. The molecule has 3 aromatic rings. The van der Waals surface area contributed by atoms with Crippen LogP contribution < -0.4 is 4.90 Å². The van der Waals surface area contributed by atoms with Crippen LogP contribution in [0, 0.1) is 0 Å². The van der Waals surface area contributed by atoms with Crippen LogP contribution in [-0.2, 0) is 19.6 Å². The third kappa shape index (κ3) is 3.94. The highest BCUT2D eigenvalue weighted by atomic mass is 79.9. The van der Waals surface area contributed by atoms with Crippen molar-refractivity contribution in [1.29, 1.82) is 0 Å². The molecule has 0 saturated carbocycles. The molecule has 158 valence electrons. The number of nitrogens with zero attached hydrogens (tertiary/aromatic N) is 2. The summed E-state index contributed by atoms with van der Waals surface area (Å²) in [5.74, 6) is -1.02. The molecule has 0 bridgehead atoms. The highest BCUT2D eigenvalue weighted by molar-refractivity contribution is 9.10. The van der Waals surface area contributed by atoms with Crippen molar-refractivity contribution in [2.24, 2.45) is 0 Å². The van der Waals surface area contributed by atoms with Crippen molar-refractivity contribution in [3.8, 4) is 0 Å². The number of fused-ring (bicyclic) bond motifs is 1. The van der Waals surface area contributed by atoms with E-state index in [1.165, 1.54) is 12.1 Å². The van der Waals surface area contributed by atoms with Crippen LogP contribution in [0.15, 0.2) is 88.8 Å². The summed E-state index contributed by atoms with van der Waals surface area (Å²) in [4.78, 5) is 26.9. The molecule has 1 saturated heterocycles. The number of halogens is 1. The first kappa shape index (κ1) is 21.4. The van der Waals surface area contributed by atoms with Gasteiger partial charge in [-0.25, -0.2) is 13.3 Å². The number of imide groups is 1. The zero-order valence-corrected chi connectivity index (χ0v) is 18.8. The summed E-state index contributed by atoms with van der Waals surface area (Å²) in [6, 6.07) is 17.8. The molecule has 4 rings (SSSR count). The number of sulfonamides is 1. The molecular weight excluding hydrogens is 480 g/mol. The number of rotatable bonds is 6. The van der Waals surface area contributed by atoms with Crippen molar-refractivity contribution in [3.63, 3.8) is 0 Å². The molecule has 0 N–H and O–H groups in total. The summed E-state index contributed by atoms with van der Waals surface area (Å²) in [6.45, 7) is 3.55. The predicted octanol–water partition coefficient (Wildman–Crippen LogP) is 4.11. The summed E-state index contributed by atoms with van der Waals surface area (Å²) >= 11 is 3.32. The smallest absolute Gasteiger partial charge is 0.252 e. The fourth-order valence-corrected chi connectivity index (χ4v) is 5.54. The molecule has 6 nitrogen and oxygen atoms in total. The van der Waals surface area contributed by atoms with Crippen LogP contribution in [0.1, 0.15) is 6.42 Å².